The zero-order valence-electron chi connectivity index (χ0n) is 10.7. The summed E-state index contributed by atoms with van der Waals surface area (Å²) in [4.78, 5) is 0. The average molecular weight is 255 g/mol. The minimum atomic E-state index is -2.96. The van der Waals surface area contributed by atoms with Crippen molar-refractivity contribution in [3.8, 4) is 0 Å². The first-order chi connectivity index (χ1) is 7.97. The summed E-state index contributed by atoms with van der Waals surface area (Å²) in [7, 11) is -2.96. The minimum Gasteiger partial charge on any atom is -0.384 e. The molecule has 0 saturated carbocycles. The van der Waals surface area contributed by atoms with E-state index in [4.69, 9.17) is 0 Å². The van der Waals surface area contributed by atoms with Gasteiger partial charge in [-0.3, -0.25) is 0 Å². The van der Waals surface area contributed by atoms with Crippen LogP contribution in [0.25, 0.3) is 0 Å². The highest BCUT2D eigenvalue weighted by molar-refractivity contribution is 7.92. The summed E-state index contributed by atoms with van der Waals surface area (Å²) >= 11 is 0. The maximum Gasteiger partial charge on any atom is 0.154 e. The summed E-state index contributed by atoms with van der Waals surface area (Å²) < 4.78 is 23.6. The van der Waals surface area contributed by atoms with Crippen molar-refractivity contribution in [1.82, 2.24) is 0 Å². The molecule has 0 radical (unpaired) electrons. The smallest absolute Gasteiger partial charge is 0.154 e. The molecule has 1 aromatic rings. The largest absolute Gasteiger partial charge is 0.384 e. The molecule has 3 nitrogen and oxygen atoms in total. The molecule has 4 heteroatoms. The van der Waals surface area contributed by atoms with Gasteiger partial charge in [0.1, 0.15) is 0 Å². The highest BCUT2D eigenvalue weighted by Crippen LogP contribution is 2.13. The van der Waals surface area contributed by atoms with Gasteiger partial charge < -0.3 is 5.32 Å². The van der Waals surface area contributed by atoms with Crippen LogP contribution in [0.1, 0.15) is 25.8 Å². The second kappa shape index (κ2) is 6.05. The van der Waals surface area contributed by atoms with Crippen LogP contribution < -0.4 is 5.32 Å². The third-order valence-electron chi connectivity index (χ3n) is 3.04. The summed E-state index contributed by atoms with van der Waals surface area (Å²) in [5.41, 5.74) is 2.14. The SMILES string of the molecule is CCC(C)S(=O)(=O)CCNc1ccccc1C. The monoisotopic (exact) mass is 255 g/mol. The van der Waals surface area contributed by atoms with Gasteiger partial charge in [-0.15, -0.1) is 0 Å². The van der Waals surface area contributed by atoms with E-state index in [1.54, 1.807) is 6.92 Å². The highest BCUT2D eigenvalue weighted by Gasteiger charge is 2.18. The fourth-order valence-corrected chi connectivity index (χ4v) is 2.85. The molecule has 0 saturated heterocycles. The van der Waals surface area contributed by atoms with Crippen LogP contribution in [-0.2, 0) is 9.84 Å². The van der Waals surface area contributed by atoms with Crippen molar-refractivity contribution in [2.75, 3.05) is 17.6 Å². The Labute approximate surface area is 104 Å². The van der Waals surface area contributed by atoms with E-state index in [1.807, 2.05) is 38.1 Å². The zero-order chi connectivity index (χ0) is 12.9. The van der Waals surface area contributed by atoms with Crippen LogP contribution in [0, 0.1) is 6.92 Å². The van der Waals surface area contributed by atoms with Crippen molar-refractivity contribution in [3.05, 3.63) is 29.8 Å². The Kier molecular flexibility index (Phi) is 5.00. The predicted molar refractivity (Wildman–Crippen MR) is 73.2 cm³/mol. The Hall–Kier alpha value is -1.03. The van der Waals surface area contributed by atoms with E-state index >= 15 is 0 Å². The van der Waals surface area contributed by atoms with E-state index < -0.39 is 9.84 Å². The molecule has 0 aliphatic heterocycles. The summed E-state index contributed by atoms with van der Waals surface area (Å²) in [6, 6.07) is 7.88. The van der Waals surface area contributed by atoms with Gasteiger partial charge in [0.05, 0.1) is 11.0 Å². The normalized spacial score (nSPS) is 13.4. The first-order valence-electron chi connectivity index (χ1n) is 5.98. The number of nitrogens with one attached hydrogen (secondary N) is 1. The van der Waals surface area contributed by atoms with E-state index in [1.165, 1.54) is 0 Å². The second-order valence-corrected chi connectivity index (χ2v) is 6.87. The van der Waals surface area contributed by atoms with Gasteiger partial charge in [0.25, 0.3) is 0 Å². The Morgan fingerprint density at radius 3 is 2.53 bits per heavy atom. The van der Waals surface area contributed by atoms with Gasteiger partial charge >= 0.3 is 0 Å². The summed E-state index contributed by atoms with van der Waals surface area (Å²) in [6.07, 6.45) is 0.673. The molecule has 0 amide bonds. The Balaban J connectivity index is 2.52. The number of hydrogen-bond acceptors (Lipinski definition) is 3. The molecule has 0 aliphatic carbocycles. The van der Waals surface area contributed by atoms with Crippen molar-refractivity contribution >= 4 is 15.5 Å². The lowest BCUT2D eigenvalue weighted by molar-refractivity contribution is 0.581. The Morgan fingerprint density at radius 2 is 1.94 bits per heavy atom. The third kappa shape index (κ3) is 4.04. The van der Waals surface area contributed by atoms with Crippen molar-refractivity contribution in [3.63, 3.8) is 0 Å². The van der Waals surface area contributed by atoms with E-state index in [9.17, 15) is 8.42 Å². The molecule has 0 aromatic heterocycles. The summed E-state index contributed by atoms with van der Waals surface area (Å²) in [5.74, 6) is 0.191. The summed E-state index contributed by atoms with van der Waals surface area (Å²) in [5, 5.41) is 2.92. The predicted octanol–water partition coefficient (Wildman–Crippen LogP) is 2.62. The van der Waals surface area contributed by atoms with Gasteiger partial charge in [-0.2, -0.15) is 0 Å². The first-order valence-corrected chi connectivity index (χ1v) is 7.70. The second-order valence-electron chi connectivity index (χ2n) is 4.33. The lowest BCUT2D eigenvalue weighted by Gasteiger charge is -2.12. The molecule has 0 fully saturated rings. The van der Waals surface area contributed by atoms with Crippen LogP contribution in [0.2, 0.25) is 0 Å². The van der Waals surface area contributed by atoms with Crippen LogP contribution in [0.4, 0.5) is 5.69 Å². The molecular formula is C13H21NO2S. The number of rotatable bonds is 6. The maximum absolute atomic E-state index is 11.8. The molecule has 17 heavy (non-hydrogen) atoms. The van der Waals surface area contributed by atoms with Crippen LogP contribution in [-0.4, -0.2) is 26.0 Å². The topological polar surface area (TPSA) is 46.2 Å². The molecular weight excluding hydrogens is 234 g/mol. The van der Waals surface area contributed by atoms with Gasteiger partial charge in [0.15, 0.2) is 9.84 Å². The van der Waals surface area contributed by atoms with E-state index in [0.717, 1.165) is 11.3 Å². The molecule has 1 N–H and O–H groups in total. The molecule has 0 spiro atoms. The summed E-state index contributed by atoms with van der Waals surface area (Å²) in [6.45, 7) is 6.14. The molecule has 0 heterocycles. The number of para-hydroxylation sites is 1. The molecule has 1 unspecified atom stereocenters. The lowest BCUT2D eigenvalue weighted by Crippen LogP contribution is -2.24. The molecule has 1 atom stereocenters. The van der Waals surface area contributed by atoms with Gasteiger partial charge in [-0.05, 0) is 31.9 Å². The molecule has 1 rings (SSSR count). The fourth-order valence-electron chi connectivity index (χ4n) is 1.55. The third-order valence-corrected chi connectivity index (χ3v) is 5.37. The van der Waals surface area contributed by atoms with Crippen LogP contribution in [0.15, 0.2) is 24.3 Å². The average Bonchev–Trinajstić information content (AvgIpc) is 2.30. The molecule has 0 aliphatic rings. The number of hydrogen-bond donors (Lipinski definition) is 1. The van der Waals surface area contributed by atoms with Gasteiger partial charge in [0, 0.05) is 12.2 Å². The molecule has 96 valence electrons. The van der Waals surface area contributed by atoms with Gasteiger partial charge in [-0.1, -0.05) is 25.1 Å². The van der Waals surface area contributed by atoms with Gasteiger partial charge in [-0.25, -0.2) is 8.42 Å². The van der Waals surface area contributed by atoms with Crippen LogP contribution in [0.3, 0.4) is 0 Å². The van der Waals surface area contributed by atoms with E-state index in [0.29, 0.717) is 13.0 Å². The minimum absolute atomic E-state index is 0.191. The van der Waals surface area contributed by atoms with Crippen LogP contribution in [0.5, 0.6) is 0 Å². The van der Waals surface area contributed by atoms with Crippen molar-refractivity contribution in [2.45, 2.75) is 32.4 Å². The van der Waals surface area contributed by atoms with E-state index in [-0.39, 0.29) is 11.0 Å². The first kappa shape index (κ1) is 14.0. The number of benzene rings is 1. The quantitative estimate of drug-likeness (QED) is 0.850. The van der Waals surface area contributed by atoms with Crippen molar-refractivity contribution in [1.29, 1.82) is 0 Å². The molecule has 0 bridgehead atoms. The van der Waals surface area contributed by atoms with Crippen LogP contribution >= 0.6 is 0 Å². The standard InChI is InChI=1S/C13H21NO2S/c1-4-12(3)17(15,16)10-9-14-13-8-6-5-7-11(13)2/h5-8,12,14H,4,9-10H2,1-3H3. The lowest BCUT2D eigenvalue weighted by atomic mass is 10.2. The zero-order valence-corrected chi connectivity index (χ0v) is 11.5. The van der Waals surface area contributed by atoms with E-state index in [2.05, 4.69) is 5.32 Å². The van der Waals surface area contributed by atoms with Crippen molar-refractivity contribution < 1.29 is 8.42 Å². The highest BCUT2D eigenvalue weighted by atomic mass is 32.2. The van der Waals surface area contributed by atoms with Crippen molar-refractivity contribution in [2.24, 2.45) is 0 Å². The Bertz CT molecular complexity index is 454. The number of aryl methyl sites for hydroxylation is 1. The number of anilines is 1. The van der Waals surface area contributed by atoms with Gasteiger partial charge in [0.2, 0.25) is 0 Å². The maximum atomic E-state index is 11.8. The Morgan fingerprint density at radius 1 is 1.29 bits per heavy atom. The fraction of sp³-hybridized carbons (Fsp3) is 0.538. The number of sulfone groups is 1. The molecule has 1 aromatic carbocycles.